The average molecular weight is 371 g/mol. The van der Waals surface area contributed by atoms with E-state index >= 15 is 0 Å². The molecule has 0 saturated carbocycles. The molecule has 1 aliphatic rings. The summed E-state index contributed by atoms with van der Waals surface area (Å²) in [5, 5.41) is 6.48. The zero-order valence-corrected chi connectivity index (χ0v) is 16.4. The van der Waals surface area contributed by atoms with Gasteiger partial charge in [0.25, 0.3) is 0 Å². The van der Waals surface area contributed by atoms with Crippen molar-refractivity contribution in [2.75, 3.05) is 26.8 Å². The molecule has 1 saturated heterocycles. The van der Waals surface area contributed by atoms with Crippen LogP contribution in [0.4, 0.5) is 0 Å². The van der Waals surface area contributed by atoms with Crippen LogP contribution in [-0.2, 0) is 9.53 Å². The number of benzene rings is 1. The van der Waals surface area contributed by atoms with Gasteiger partial charge in [-0.05, 0) is 64.4 Å². The molecule has 0 aromatic heterocycles. The van der Waals surface area contributed by atoms with E-state index in [1.807, 2.05) is 45.0 Å². The van der Waals surface area contributed by atoms with Gasteiger partial charge in [0.05, 0.1) is 24.2 Å². The molecule has 2 N–H and O–H groups in total. The number of carbonyl (C=O) groups is 1. The van der Waals surface area contributed by atoms with Crippen molar-refractivity contribution in [3.8, 4) is 5.75 Å². The van der Waals surface area contributed by atoms with Crippen molar-refractivity contribution in [1.29, 1.82) is 0 Å². The molecule has 0 aliphatic carbocycles. The number of ether oxygens (including phenoxy) is 2. The van der Waals surface area contributed by atoms with Crippen LogP contribution < -0.4 is 15.4 Å². The van der Waals surface area contributed by atoms with Gasteiger partial charge in [-0.25, -0.2) is 0 Å². The summed E-state index contributed by atoms with van der Waals surface area (Å²) in [5.41, 5.74) is 0.614. The highest BCUT2D eigenvalue weighted by atomic mass is 35.5. The largest absolute Gasteiger partial charge is 0.491 e. The normalized spacial score (nSPS) is 17.5. The van der Waals surface area contributed by atoms with Gasteiger partial charge in [0.2, 0.25) is 5.91 Å². The molecule has 1 aliphatic heterocycles. The topological polar surface area (TPSA) is 59.6 Å². The zero-order chi connectivity index (χ0) is 17.6. The van der Waals surface area contributed by atoms with Crippen molar-refractivity contribution < 1.29 is 14.3 Å². The van der Waals surface area contributed by atoms with Gasteiger partial charge in [0.15, 0.2) is 0 Å². The smallest absolute Gasteiger partial charge is 0.229 e. The van der Waals surface area contributed by atoms with Crippen LogP contribution in [0.3, 0.4) is 0 Å². The number of piperidine rings is 1. The summed E-state index contributed by atoms with van der Waals surface area (Å²) >= 11 is 0. The first-order valence-electron chi connectivity index (χ1n) is 8.74. The second-order valence-corrected chi connectivity index (χ2v) is 6.90. The lowest BCUT2D eigenvalue weighted by Gasteiger charge is -2.36. The minimum Gasteiger partial charge on any atom is -0.491 e. The predicted molar refractivity (Wildman–Crippen MR) is 102 cm³/mol. The Morgan fingerprint density at radius 1 is 1.28 bits per heavy atom. The quantitative estimate of drug-likeness (QED) is 0.774. The molecule has 0 radical (unpaired) electrons. The maximum Gasteiger partial charge on any atom is 0.229 e. The van der Waals surface area contributed by atoms with E-state index in [9.17, 15) is 4.79 Å². The van der Waals surface area contributed by atoms with Crippen molar-refractivity contribution in [3.63, 3.8) is 0 Å². The van der Waals surface area contributed by atoms with Crippen molar-refractivity contribution >= 4 is 18.3 Å². The summed E-state index contributed by atoms with van der Waals surface area (Å²) in [6.45, 7) is 8.18. The lowest BCUT2D eigenvalue weighted by molar-refractivity contribution is -0.136. The fourth-order valence-corrected chi connectivity index (χ4v) is 3.18. The number of hydrogen-bond acceptors (Lipinski definition) is 4. The van der Waals surface area contributed by atoms with E-state index < -0.39 is 5.41 Å². The van der Waals surface area contributed by atoms with Crippen LogP contribution in [0.5, 0.6) is 5.75 Å². The molecular formula is C19H31ClN2O3. The van der Waals surface area contributed by atoms with Gasteiger partial charge in [0.1, 0.15) is 5.75 Å². The van der Waals surface area contributed by atoms with Gasteiger partial charge < -0.3 is 20.1 Å². The minimum atomic E-state index is -0.430. The van der Waals surface area contributed by atoms with Crippen molar-refractivity contribution in [2.45, 2.75) is 45.8 Å². The molecule has 1 unspecified atom stereocenters. The Morgan fingerprint density at radius 3 is 2.56 bits per heavy atom. The first-order chi connectivity index (χ1) is 11.5. The lowest BCUT2D eigenvalue weighted by atomic mass is 9.78. The fraction of sp³-hybridized carbons (Fsp3) is 0.632. The van der Waals surface area contributed by atoms with Crippen LogP contribution in [0.25, 0.3) is 0 Å². The Bertz CT molecular complexity index is 540. The Kier molecular flexibility index (Phi) is 8.69. The first-order valence-corrected chi connectivity index (χ1v) is 8.74. The number of rotatable bonds is 7. The molecule has 25 heavy (non-hydrogen) atoms. The van der Waals surface area contributed by atoms with Crippen molar-refractivity contribution in [3.05, 3.63) is 29.8 Å². The van der Waals surface area contributed by atoms with Crippen LogP contribution >= 0.6 is 12.4 Å². The fourth-order valence-electron chi connectivity index (χ4n) is 3.18. The molecule has 1 aromatic rings. The molecule has 0 bridgehead atoms. The number of amides is 1. The highest BCUT2D eigenvalue weighted by Gasteiger charge is 2.40. The number of hydrogen-bond donors (Lipinski definition) is 2. The standard InChI is InChI=1S/C19H30N2O3.ClH/c1-14(2)24-17-7-5-6-16(12-17)15(3)21-18(22)19(13-23-4)8-10-20-11-9-19;/h5-7,12,14-15,20H,8-11,13H2,1-4H3,(H,21,22);1H. The molecule has 0 spiro atoms. The summed E-state index contributed by atoms with van der Waals surface area (Å²) in [6, 6.07) is 7.85. The van der Waals surface area contributed by atoms with E-state index in [-0.39, 0.29) is 30.5 Å². The summed E-state index contributed by atoms with van der Waals surface area (Å²) in [4.78, 5) is 12.9. The van der Waals surface area contributed by atoms with Crippen LogP contribution in [-0.4, -0.2) is 38.8 Å². The SMILES string of the molecule is COCC1(C(=O)NC(C)c2cccc(OC(C)C)c2)CCNCC1.Cl. The van der Waals surface area contributed by atoms with E-state index in [0.717, 1.165) is 37.2 Å². The van der Waals surface area contributed by atoms with Gasteiger partial charge in [-0.1, -0.05) is 12.1 Å². The highest BCUT2D eigenvalue weighted by Crippen LogP contribution is 2.31. The second kappa shape index (κ2) is 10.00. The third-order valence-electron chi connectivity index (χ3n) is 4.54. The summed E-state index contributed by atoms with van der Waals surface area (Å²) in [7, 11) is 1.66. The van der Waals surface area contributed by atoms with E-state index in [4.69, 9.17) is 9.47 Å². The van der Waals surface area contributed by atoms with Crippen LogP contribution in [0.1, 0.15) is 45.2 Å². The molecule has 1 aromatic carbocycles. The van der Waals surface area contributed by atoms with Crippen LogP contribution in [0, 0.1) is 5.41 Å². The molecule has 2 rings (SSSR count). The summed E-state index contributed by atoms with van der Waals surface area (Å²) in [5.74, 6) is 0.908. The van der Waals surface area contributed by atoms with E-state index in [1.165, 1.54) is 0 Å². The minimum absolute atomic E-state index is 0. The Balaban J connectivity index is 0.00000312. The Hall–Kier alpha value is -1.30. The lowest BCUT2D eigenvalue weighted by Crippen LogP contribution is -2.50. The number of halogens is 1. The van der Waals surface area contributed by atoms with E-state index in [0.29, 0.717) is 6.61 Å². The maximum absolute atomic E-state index is 12.9. The van der Waals surface area contributed by atoms with Gasteiger partial charge in [-0.15, -0.1) is 12.4 Å². The molecule has 1 fully saturated rings. The molecule has 142 valence electrons. The third-order valence-corrected chi connectivity index (χ3v) is 4.54. The molecule has 6 heteroatoms. The number of nitrogens with one attached hydrogen (secondary N) is 2. The summed E-state index contributed by atoms with van der Waals surface area (Å²) in [6.07, 6.45) is 1.73. The van der Waals surface area contributed by atoms with Gasteiger partial charge in [0, 0.05) is 7.11 Å². The number of methoxy groups -OCH3 is 1. The Labute approximate surface area is 157 Å². The predicted octanol–water partition coefficient (Wildman–Crippen LogP) is 3.09. The van der Waals surface area contributed by atoms with Gasteiger partial charge >= 0.3 is 0 Å². The maximum atomic E-state index is 12.9. The van der Waals surface area contributed by atoms with Crippen LogP contribution in [0.15, 0.2) is 24.3 Å². The summed E-state index contributed by atoms with van der Waals surface area (Å²) < 4.78 is 11.1. The molecule has 1 atom stereocenters. The van der Waals surface area contributed by atoms with Crippen molar-refractivity contribution in [2.24, 2.45) is 5.41 Å². The van der Waals surface area contributed by atoms with Crippen LogP contribution in [0.2, 0.25) is 0 Å². The first kappa shape index (κ1) is 21.7. The number of carbonyl (C=O) groups excluding carboxylic acids is 1. The molecular weight excluding hydrogens is 340 g/mol. The average Bonchev–Trinajstić information content (AvgIpc) is 2.55. The second-order valence-electron chi connectivity index (χ2n) is 6.90. The van der Waals surface area contributed by atoms with E-state index in [1.54, 1.807) is 7.11 Å². The molecule has 1 amide bonds. The van der Waals surface area contributed by atoms with Gasteiger partial charge in [-0.2, -0.15) is 0 Å². The zero-order valence-electron chi connectivity index (χ0n) is 15.6. The van der Waals surface area contributed by atoms with E-state index in [2.05, 4.69) is 10.6 Å². The highest BCUT2D eigenvalue weighted by molar-refractivity contribution is 5.85. The monoisotopic (exact) mass is 370 g/mol. The van der Waals surface area contributed by atoms with Crippen molar-refractivity contribution in [1.82, 2.24) is 10.6 Å². The molecule has 5 nitrogen and oxygen atoms in total. The molecule has 1 heterocycles. The Morgan fingerprint density at radius 2 is 1.96 bits per heavy atom. The third kappa shape index (κ3) is 5.87. The van der Waals surface area contributed by atoms with Gasteiger partial charge in [-0.3, -0.25) is 4.79 Å².